The monoisotopic (exact) mass is 967 g/mol. The molecule has 3 heterocycles. The Balaban J connectivity index is 0.00000499. The van der Waals surface area contributed by atoms with Crippen LogP contribution in [-0.2, 0) is 37.3 Å². The number of rotatable bonds is 5. The number of phenols is 1. The number of fused-ring (bicyclic) bond motifs is 4. The molecule has 0 unspecified atom stereocenters. The molecule has 3 aromatic heterocycles. The number of hydrogen-bond acceptors (Lipinski definition) is 4. The summed E-state index contributed by atoms with van der Waals surface area (Å²) in [7, 11) is 0. The number of nitrogens with zero attached hydrogens (tertiary/aromatic N) is 3. The van der Waals surface area contributed by atoms with Crippen molar-refractivity contribution in [2.45, 2.75) is 78.6 Å². The van der Waals surface area contributed by atoms with Crippen LogP contribution in [0, 0.1) is 6.07 Å². The average molecular weight is 968 g/mol. The zero-order chi connectivity index (χ0) is 41.4. The second kappa shape index (κ2) is 15.0. The first kappa shape index (κ1) is 41.0. The Morgan fingerprint density at radius 2 is 1.28 bits per heavy atom. The third kappa shape index (κ3) is 7.17. The van der Waals surface area contributed by atoms with Crippen molar-refractivity contribution < 1.29 is 30.6 Å². The van der Waals surface area contributed by atoms with Crippen molar-refractivity contribution in [1.29, 1.82) is 0 Å². The van der Waals surface area contributed by atoms with Gasteiger partial charge in [0.25, 0.3) is 0 Å². The van der Waals surface area contributed by atoms with Crippen molar-refractivity contribution in [3.05, 3.63) is 156 Å². The van der Waals surface area contributed by atoms with Crippen LogP contribution in [0.2, 0.25) is 0 Å². The van der Waals surface area contributed by atoms with Gasteiger partial charge in [0.2, 0.25) is 0 Å². The topological polar surface area (TPSA) is 64.1 Å². The molecule has 0 bridgehead atoms. The molecular formula is C54H50N3O2Pt-. The van der Waals surface area contributed by atoms with Gasteiger partial charge in [-0.2, -0.15) is 0 Å². The summed E-state index contributed by atoms with van der Waals surface area (Å²) >= 11 is 0. The molecule has 0 saturated carbocycles. The van der Waals surface area contributed by atoms with Gasteiger partial charge in [-0.1, -0.05) is 146 Å². The normalized spacial score (nSPS) is 12.3. The molecule has 0 fully saturated rings. The summed E-state index contributed by atoms with van der Waals surface area (Å²) in [5.74, 6) is 0.922. The molecule has 0 aliphatic heterocycles. The Morgan fingerprint density at radius 3 is 2.02 bits per heavy atom. The van der Waals surface area contributed by atoms with E-state index in [1.54, 1.807) is 6.20 Å². The van der Waals surface area contributed by atoms with Crippen molar-refractivity contribution in [1.82, 2.24) is 14.5 Å². The van der Waals surface area contributed by atoms with E-state index in [0.717, 1.165) is 83.3 Å². The molecule has 6 heteroatoms. The number of aromatic nitrogens is 3. The molecule has 0 radical (unpaired) electrons. The van der Waals surface area contributed by atoms with Gasteiger partial charge in [0.1, 0.15) is 22.7 Å². The predicted octanol–water partition coefficient (Wildman–Crippen LogP) is 14.4. The van der Waals surface area contributed by atoms with Gasteiger partial charge in [-0.05, 0) is 69.3 Å². The van der Waals surface area contributed by atoms with Crippen LogP contribution in [0.25, 0.3) is 83.6 Å². The molecular weight excluding hydrogens is 918 g/mol. The SMILES string of the molecule is CC(C)(C)c1ccc(-n2c(-c3cc(C(C)(C)C)cc(C(C)(C)C)c3O)nc3c(-c4[c-]c(-c5nccc6oc7ccccc7c56)ccc4)cccc32)c(-c2ccccc2)c1.[Pt]. The van der Waals surface area contributed by atoms with Crippen molar-refractivity contribution in [2.75, 3.05) is 0 Å². The maximum Gasteiger partial charge on any atom is 0.148 e. The maximum absolute atomic E-state index is 12.4. The van der Waals surface area contributed by atoms with Gasteiger partial charge in [0.15, 0.2) is 0 Å². The van der Waals surface area contributed by atoms with Crippen LogP contribution in [0.1, 0.15) is 79.0 Å². The quantitative estimate of drug-likeness (QED) is 0.175. The van der Waals surface area contributed by atoms with E-state index in [1.165, 1.54) is 5.56 Å². The summed E-state index contributed by atoms with van der Waals surface area (Å²) < 4.78 is 8.49. The molecule has 5 nitrogen and oxygen atoms in total. The number of pyridine rings is 1. The summed E-state index contributed by atoms with van der Waals surface area (Å²) in [6.07, 6.45) is 1.80. The molecule has 9 rings (SSSR count). The van der Waals surface area contributed by atoms with Crippen LogP contribution in [0.4, 0.5) is 0 Å². The minimum atomic E-state index is -0.321. The molecule has 0 saturated heterocycles. The van der Waals surface area contributed by atoms with E-state index in [-0.39, 0.29) is 43.1 Å². The zero-order valence-corrected chi connectivity index (χ0v) is 38.0. The number of para-hydroxylation sites is 2. The maximum atomic E-state index is 12.4. The number of aromatic hydroxyl groups is 1. The van der Waals surface area contributed by atoms with Gasteiger partial charge < -0.3 is 9.52 Å². The van der Waals surface area contributed by atoms with Gasteiger partial charge in [0, 0.05) is 54.9 Å². The van der Waals surface area contributed by atoms with Crippen molar-refractivity contribution in [3.8, 4) is 56.3 Å². The number of hydrogen-bond donors (Lipinski definition) is 1. The van der Waals surface area contributed by atoms with Gasteiger partial charge in [0.05, 0.1) is 22.3 Å². The van der Waals surface area contributed by atoms with E-state index in [1.807, 2.05) is 24.3 Å². The van der Waals surface area contributed by atoms with E-state index in [0.29, 0.717) is 11.4 Å². The third-order valence-electron chi connectivity index (χ3n) is 11.5. The minimum absolute atomic E-state index is 0. The Bertz CT molecular complexity index is 3060. The van der Waals surface area contributed by atoms with Gasteiger partial charge >= 0.3 is 0 Å². The second-order valence-corrected chi connectivity index (χ2v) is 18.8. The van der Waals surface area contributed by atoms with E-state index >= 15 is 0 Å². The van der Waals surface area contributed by atoms with Gasteiger partial charge in [-0.3, -0.25) is 9.55 Å². The van der Waals surface area contributed by atoms with E-state index < -0.39 is 0 Å². The molecule has 0 aliphatic carbocycles. The van der Waals surface area contributed by atoms with Crippen LogP contribution >= 0.6 is 0 Å². The summed E-state index contributed by atoms with van der Waals surface area (Å²) in [5, 5.41) is 14.4. The zero-order valence-electron chi connectivity index (χ0n) is 35.7. The largest absolute Gasteiger partial charge is 0.507 e. The summed E-state index contributed by atoms with van der Waals surface area (Å²) in [4.78, 5) is 10.5. The summed E-state index contributed by atoms with van der Waals surface area (Å²) in [6.45, 7) is 19.9. The Hall–Kier alpha value is -5.77. The Labute approximate surface area is 367 Å². The van der Waals surface area contributed by atoms with Crippen LogP contribution < -0.4 is 0 Å². The first-order valence-corrected chi connectivity index (χ1v) is 20.5. The molecule has 304 valence electrons. The fourth-order valence-electron chi connectivity index (χ4n) is 8.24. The number of furan rings is 1. The molecule has 6 aromatic carbocycles. The molecule has 60 heavy (non-hydrogen) atoms. The molecule has 9 aromatic rings. The average Bonchev–Trinajstić information content (AvgIpc) is 3.79. The predicted molar refractivity (Wildman–Crippen MR) is 244 cm³/mol. The van der Waals surface area contributed by atoms with E-state index in [4.69, 9.17) is 14.4 Å². The fourth-order valence-corrected chi connectivity index (χ4v) is 8.24. The van der Waals surface area contributed by atoms with Crippen LogP contribution in [0.15, 0.2) is 138 Å². The van der Waals surface area contributed by atoms with Crippen LogP contribution in [0.5, 0.6) is 5.75 Å². The molecule has 0 spiro atoms. The van der Waals surface area contributed by atoms with Crippen molar-refractivity contribution in [3.63, 3.8) is 0 Å². The molecule has 1 N–H and O–H groups in total. The summed E-state index contributed by atoms with van der Waals surface area (Å²) in [5.41, 5.74) is 13.4. The minimum Gasteiger partial charge on any atom is -0.507 e. The first-order valence-electron chi connectivity index (χ1n) is 20.5. The molecule has 0 atom stereocenters. The number of imidazole rings is 1. The van der Waals surface area contributed by atoms with Gasteiger partial charge in [-0.15, -0.1) is 29.8 Å². The van der Waals surface area contributed by atoms with Crippen molar-refractivity contribution >= 4 is 33.0 Å². The Morgan fingerprint density at radius 1 is 0.600 bits per heavy atom. The van der Waals surface area contributed by atoms with Gasteiger partial charge in [-0.25, -0.2) is 4.98 Å². The standard InChI is InChI=1S/C54H50N3O2.Pt/c1-52(2,3)36-25-26-43(40(30-36)33-17-11-10-12-18-33)57-44-23-16-22-38(49(44)56-51(57)41-31-37(53(4,5)6)32-42(50(41)58)54(7,8)9)34-19-15-20-35(29-34)48-47-39-21-13-14-24-45(39)59-46(47)27-28-55-48;/h10-28,30-32,58H,1-9H3;/q-1;. The molecule has 0 aliphatic rings. The Kier molecular flexibility index (Phi) is 10.3. The number of phenolic OH excluding ortho intramolecular Hbond substituents is 1. The molecule has 0 amide bonds. The number of benzene rings is 6. The third-order valence-corrected chi connectivity index (χ3v) is 11.5. The van der Waals surface area contributed by atoms with Crippen molar-refractivity contribution in [2.24, 2.45) is 0 Å². The smallest absolute Gasteiger partial charge is 0.148 e. The van der Waals surface area contributed by atoms with Crippen LogP contribution in [-0.4, -0.2) is 19.6 Å². The summed E-state index contributed by atoms with van der Waals surface area (Å²) in [6, 6.07) is 48.0. The second-order valence-electron chi connectivity index (χ2n) is 18.8. The fraction of sp³-hybridized carbons (Fsp3) is 0.222. The van der Waals surface area contributed by atoms with E-state index in [9.17, 15) is 5.11 Å². The first-order chi connectivity index (χ1) is 28.1. The van der Waals surface area contributed by atoms with Crippen LogP contribution in [0.3, 0.4) is 0 Å². The van der Waals surface area contributed by atoms with E-state index in [2.05, 4.69) is 176 Å².